The van der Waals surface area contributed by atoms with Crippen LogP contribution in [-0.4, -0.2) is 11.8 Å². The van der Waals surface area contributed by atoms with Gasteiger partial charge in [0.1, 0.15) is 0 Å². The van der Waals surface area contributed by atoms with Gasteiger partial charge in [0.15, 0.2) is 0 Å². The number of hydrogen-bond donors (Lipinski definition) is 1. The third-order valence-corrected chi connectivity index (χ3v) is 5.85. The molecule has 1 N–H and O–H groups in total. The van der Waals surface area contributed by atoms with Gasteiger partial charge in [0.25, 0.3) is 11.8 Å². The second-order valence-corrected chi connectivity index (χ2v) is 7.59. The fourth-order valence-electron chi connectivity index (χ4n) is 4.42. The number of amides is 2. The number of carbonyl (C=O) groups is 2. The minimum Gasteiger partial charge on any atom is -0.288 e. The zero-order valence-electron chi connectivity index (χ0n) is 16.1. The summed E-state index contributed by atoms with van der Waals surface area (Å²) in [5, 5.41) is 5.19. The lowest BCUT2D eigenvalue weighted by Crippen LogP contribution is -2.33. The summed E-state index contributed by atoms with van der Waals surface area (Å²) in [6.07, 6.45) is 9.71. The molecule has 3 nitrogen and oxygen atoms in total. The molecule has 29 heavy (non-hydrogen) atoms. The highest BCUT2D eigenvalue weighted by atomic mass is 16.2. The lowest BCUT2D eigenvalue weighted by Gasteiger charge is -2.17. The maximum Gasteiger partial charge on any atom is 0.258 e. The first-order chi connectivity index (χ1) is 14.2. The van der Waals surface area contributed by atoms with Crippen LogP contribution >= 0.6 is 0 Å². The maximum atomic E-state index is 10.9. The Morgan fingerprint density at radius 3 is 2.07 bits per heavy atom. The standard InChI is InChI=1S/C18H16.C8H5NO2/c1-3-7-15-13(5-1)9-11-18-16-8-4-2-6-14(16)10-12-17(15)18;10-7-5-3-1-2-4-6(5)8(11)9-7/h1,3,5,7-8,10-12H,2,4,6,9H2;1-4H,(H,9,10,11). The largest absolute Gasteiger partial charge is 0.288 e. The average Bonchev–Trinajstić information content (AvgIpc) is 3.07. The highest BCUT2D eigenvalue weighted by Gasteiger charge is 2.25. The van der Waals surface area contributed by atoms with E-state index in [1.54, 1.807) is 24.3 Å². The molecule has 1 aliphatic heterocycles. The Kier molecular flexibility index (Phi) is 4.36. The van der Waals surface area contributed by atoms with E-state index in [1.165, 1.54) is 52.0 Å². The molecule has 3 heteroatoms. The first-order valence-corrected chi connectivity index (χ1v) is 10.1. The van der Waals surface area contributed by atoms with E-state index in [0.717, 1.165) is 6.42 Å². The first-order valence-electron chi connectivity index (χ1n) is 10.1. The number of benzene rings is 3. The molecule has 2 aliphatic carbocycles. The molecule has 3 aromatic carbocycles. The Bertz CT molecular complexity index is 1240. The van der Waals surface area contributed by atoms with Crippen LogP contribution in [0, 0.1) is 0 Å². The van der Waals surface area contributed by atoms with Crippen molar-refractivity contribution < 1.29 is 9.59 Å². The number of rotatable bonds is 0. The zero-order valence-corrected chi connectivity index (χ0v) is 16.1. The lowest BCUT2D eigenvalue weighted by atomic mass is 9.87. The summed E-state index contributed by atoms with van der Waals surface area (Å²) in [4.78, 5) is 21.9. The van der Waals surface area contributed by atoms with Gasteiger partial charge in [-0.05, 0) is 70.5 Å². The molecular formula is C26H21NO2. The van der Waals surface area contributed by atoms with Gasteiger partial charge in [0.2, 0.25) is 0 Å². The van der Waals surface area contributed by atoms with E-state index in [1.807, 2.05) is 0 Å². The Morgan fingerprint density at radius 2 is 1.31 bits per heavy atom. The number of aryl methyl sites for hydroxylation is 1. The van der Waals surface area contributed by atoms with Crippen LogP contribution in [0.2, 0.25) is 0 Å². The summed E-state index contributed by atoms with van der Waals surface area (Å²) in [7, 11) is 0. The Labute approximate surface area is 169 Å². The van der Waals surface area contributed by atoms with Crippen molar-refractivity contribution in [2.24, 2.45) is 0 Å². The fraction of sp³-hybridized carbons (Fsp3) is 0.154. The average molecular weight is 379 g/mol. The maximum absolute atomic E-state index is 10.9. The first kappa shape index (κ1) is 17.6. The van der Waals surface area contributed by atoms with Crippen LogP contribution in [0.5, 0.6) is 0 Å². The number of carbonyl (C=O) groups excluding carboxylic acids is 2. The van der Waals surface area contributed by atoms with Crippen molar-refractivity contribution in [3.05, 3.63) is 93.4 Å². The third-order valence-electron chi connectivity index (χ3n) is 5.85. The predicted octanol–water partition coefficient (Wildman–Crippen LogP) is 3.38. The van der Waals surface area contributed by atoms with Crippen molar-refractivity contribution in [1.29, 1.82) is 0 Å². The summed E-state index contributed by atoms with van der Waals surface area (Å²) in [6.45, 7) is 0. The molecule has 3 aromatic rings. The Hall–Kier alpha value is -3.46. The van der Waals surface area contributed by atoms with Gasteiger partial charge in [-0.15, -0.1) is 0 Å². The summed E-state index contributed by atoms with van der Waals surface area (Å²) in [6, 6.07) is 20.2. The molecule has 0 atom stereocenters. The van der Waals surface area contributed by atoms with Crippen LogP contribution in [0.15, 0.2) is 60.7 Å². The Balaban J connectivity index is 0.000000142. The molecule has 2 amide bonds. The van der Waals surface area contributed by atoms with Crippen molar-refractivity contribution in [3.63, 3.8) is 0 Å². The van der Waals surface area contributed by atoms with Crippen LogP contribution in [0.1, 0.15) is 44.7 Å². The monoisotopic (exact) mass is 379 g/mol. The molecular weight excluding hydrogens is 358 g/mol. The lowest BCUT2D eigenvalue weighted by molar-refractivity contribution is 0.0879. The molecule has 0 bridgehead atoms. The highest BCUT2D eigenvalue weighted by molar-refractivity contribution is 6.21. The van der Waals surface area contributed by atoms with Gasteiger partial charge >= 0.3 is 0 Å². The fourth-order valence-corrected chi connectivity index (χ4v) is 4.42. The van der Waals surface area contributed by atoms with Gasteiger partial charge in [-0.25, -0.2) is 0 Å². The zero-order chi connectivity index (χ0) is 19.8. The molecule has 3 aliphatic rings. The van der Waals surface area contributed by atoms with E-state index in [2.05, 4.69) is 53.9 Å². The van der Waals surface area contributed by atoms with Crippen molar-refractivity contribution in [2.75, 3.05) is 0 Å². The van der Waals surface area contributed by atoms with Gasteiger partial charge in [0.05, 0.1) is 11.1 Å². The summed E-state index contributed by atoms with van der Waals surface area (Å²) >= 11 is 0. The van der Waals surface area contributed by atoms with E-state index >= 15 is 0 Å². The topological polar surface area (TPSA) is 46.2 Å². The molecule has 0 fully saturated rings. The van der Waals surface area contributed by atoms with Gasteiger partial charge in [0, 0.05) is 0 Å². The predicted molar refractivity (Wildman–Crippen MR) is 115 cm³/mol. The quantitative estimate of drug-likeness (QED) is 0.609. The van der Waals surface area contributed by atoms with Crippen LogP contribution < -0.4 is 15.8 Å². The van der Waals surface area contributed by atoms with Crippen LogP contribution in [0.4, 0.5) is 0 Å². The second-order valence-electron chi connectivity index (χ2n) is 7.59. The van der Waals surface area contributed by atoms with E-state index in [4.69, 9.17) is 0 Å². The van der Waals surface area contributed by atoms with Crippen LogP contribution in [0.25, 0.3) is 23.3 Å². The van der Waals surface area contributed by atoms with Gasteiger partial charge in [-0.3, -0.25) is 14.9 Å². The van der Waals surface area contributed by atoms with Gasteiger partial charge in [-0.2, -0.15) is 0 Å². The molecule has 1 heterocycles. The third kappa shape index (κ3) is 3.09. The molecule has 0 aromatic heterocycles. The molecule has 0 saturated carbocycles. The molecule has 0 unspecified atom stereocenters. The SMILES string of the molecule is C1=c2c(ccc3c2=CCc2ccccc2-3)CCC1.O=C1NC(=O)c2ccccc21. The number of hydrogen-bond acceptors (Lipinski definition) is 2. The minimum atomic E-state index is -0.300. The van der Waals surface area contributed by atoms with Crippen molar-refractivity contribution in [1.82, 2.24) is 5.32 Å². The van der Waals surface area contributed by atoms with Gasteiger partial charge in [-0.1, -0.05) is 60.7 Å². The van der Waals surface area contributed by atoms with Crippen LogP contribution in [-0.2, 0) is 12.8 Å². The highest BCUT2D eigenvalue weighted by Crippen LogP contribution is 2.24. The van der Waals surface area contributed by atoms with E-state index in [-0.39, 0.29) is 11.8 Å². The summed E-state index contributed by atoms with van der Waals surface area (Å²) in [5.74, 6) is -0.601. The smallest absolute Gasteiger partial charge is 0.258 e. The van der Waals surface area contributed by atoms with Gasteiger partial charge < -0.3 is 0 Å². The molecule has 6 rings (SSSR count). The van der Waals surface area contributed by atoms with E-state index < -0.39 is 0 Å². The summed E-state index contributed by atoms with van der Waals surface area (Å²) in [5.41, 5.74) is 6.79. The van der Waals surface area contributed by atoms with E-state index in [9.17, 15) is 9.59 Å². The van der Waals surface area contributed by atoms with E-state index in [0.29, 0.717) is 11.1 Å². The summed E-state index contributed by atoms with van der Waals surface area (Å²) < 4.78 is 0. The van der Waals surface area contributed by atoms with Crippen molar-refractivity contribution in [2.45, 2.75) is 25.7 Å². The number of fused-ring (bicyclic) bond motifs is 6. The molecule has 142 valence electrons. The number of nitrogens with one attached hydrogen (secondary N) is 1. The second kappa shape index (κ2) is 7.17. The minimum absolute atomic E-state index is 0.300. The Morgan fingerprint density at radius 1 is 0.621 bits per heavy atom. The van der Waals surface area contributed by atoms with Crippen LogP contribution in [0.3, 0.4) is 0 Å². The normalized spacial score (nSPS) is 15.3. The molecule has 0 radical (unpaired) electrons. The molecule has 0 spiro atoms. The number of imide groups is 1. The molecule has 0 saturated heterocycles. The van der Waals surface area contributed by atoms with Crippen molar-refractivity contribution in [3.8, 4) is 11.1 Å². The van der Waals surface area contributed by atoms with Crippen molar-refractivity contribution >= 4 is 24.0 Å².